The molecule has 2 N–H and O–H groups in total. The van der Waals surface area contributed by atoms with Gasteiger partial charge in [0.1, 0.15) is 5.25 Å². The number of carbonyl (C=O) groups excluding carboxylic acids is 1. The van der Waals surface area contributed by atoms with E-state index in [0.717, 1.165) is 17.4 Å². The van der Waals surface area contributed by atoms with Gasteiger partial charge in [0, 0.05) is 0 Å². The van der Waals surface area contributed by atoms with Gasteiger partial charge in [0.15, 0.2) is 5.17 Å². The van der Waals surface area contributed by atoms with Crippen LogP contribution in [0.2, 0.25) is 0 Å². The molecule has 2 rings (SSSR count). The van der Waals surface area contributed by atoms with Crippen LogP contribution in [0.25, 0.3) is 0 Å². The Bertz CT molecular complexity index is 473. The number of amidine groups is 1. The number of aliphatic carboxylic acids is 1. The molecule has 0 aromatic heterocycles. The highest BCUT2D eigenvalue weighted by Gasteiger charge is 2.31. The van der Waals surface area contributed by atoms with Crippen molar-refractivity contribution in [2.24, 2.45) is 4.99 Å². The van der Waals surface area contributed by atoms with Crippen LogP contribution in [0, 0.1) is 0 Å². The summed E-state index contributed by atoms with van der Waals surface area (Å²) in [7, 11) is 0. The van der Waals surface area contributed by atoms with Crippen molar-refractivity contribution in [2.45, 2.75) is 11.7 Å². The highest BCUT2D eigenvalue weighted by atomic mass is 32.2. The van der Waals surface area contributed by atoms with E-state index in [1.54, 1.807) is 0 Å². The van der Waals surface area contributed by atoms with Crippen molar-refractivity contribution >= 4 is 34.5 Å². The molecular weight excluding hydrogens is 240 g/mol. The number of hydrogen-bond donors (Lipinski definition) is 2. The quantitative estimate of drug-likeness (QED) is 0.849. The first-order chi connectivity index (χ1) is 8.15. The molecule has 17 heavy (non-hydrogen) atoms. The van der Waals surface area contributed by atoms with Crippen LogP contribution in [-0.2, 0) is 9.59 Å². The first-order valence-corrected chi connectivity index (χ1v) is 5.86. The van der Waals surface area contributed by atoms with Gasteiger partial charge in [-0.25, -0.2) is 4.99 Å². The summed E-state index contributed by atoms with van der Waals surface area (Å²) >= 11 is 1.15. The van der Waals surface area contributed by atoms with Crippen molar-refractivity contribution < 1.29 is 14.7 Å². The molecule has 0 saturated carbocycles. The van der Waals surface area contributed by atoms with E-state index in [9.17, 15) is 9.59 Å². The maximum atomic E-state index is 11.4. The Morgan fingerprint density at radius 1 is 1.41 bits per heavy atom. The Hall–Kier alpha value is -1.82. The number of aliphatic imine (C=N–C) groups is 1. The first kappa shape index (κ1) is 11.7. The minimum absolute atomic E-state index is 0.190. The number of nitrogens with one attached hydrogen (secondary N) is 1. The fourth-order valence-electron chi connectivity index (χ4n) is 1.37. The summed E-state index contributed by atoms with van der Waals surface area (Å²) in [6.07, 6.45) is -0.190. The molecule has 1 amide bonds. The summed E-state index contributed by atoms with van der Waals surface area (Å²) < 4.78 is 0. The minimum Gasteiger partial charge on any atom is -0.481 e. The fourth-order valence-corrected chi connectivity index (χ4v) is 2.35. The summed E-state index contributed by atoms with van der Waals surface area (Å²) in [5.74, 6) is -1.29. The van der Waals surface area contributed by atoms with Gasteiger partial charge < -0.3 is 10.4 Å². The second kappa shape index (κ2) is 5.01. The molecule has 1 aromatic carbocycles. The van der Waals surface area contributed by atoms with Gasteiger partial charge in [0.25, 0.3) is 0 Å². The third-order valence-electron chi connectivity index (χ3n) is 2.12. The summed E-state index contributed by atoms with van der Waals surface area (Å²) in [6, 6.07) is 9.18. The molecule has 0 aliphatic carbocycles. The zero-order chi connectivity index (χ0) is 12.3. The van der Waals surface area contributed by atoms with Gasteiger partial charge >= 0.3 is 5.97 Å². The van der Waals surface area contributed by atoms with Crippen LogP contribution in [0.3, 0.4) is 0 Å². The monoisotopic (exact) mass is 250 g/mol. The second-order valence-electron chi connectivity index (χ2n) is 3.45. The summed E-state index contributed by atoms with van der Waals surface area (Å²) in [5.41, 5.74) is 0.728. The number of rotatable bonds is 3. The largest absolute Gasteiger partial charge is 0.481 e. The molecular formula is C11H10N2O3S. The number of thioether (sulfide) groups is 1. The maximum Gasteiger partial charge on any atom is 0.305 e. The average Bonchev–Trinajstić information content (AvgIpc) is 2.59. The minimum atomic E-state index is -0.987. The van der Waals surface area contributed by atoms with E-state index < -0.39 is 11.2 Å². The molecule has 0 radical (unpaired) electrons. The molecule has 88 valence electrons. The Kier molecular flexibility index (Phi) is 3.43. The van der Waals surface area contributed by atoms with E-state index in [1.807, 2.05) is 30.3 Å². The van der Waals surface area contributed by atoms with Gasteiger partial charge in [-0.05, 0) is 12.1 Å². The van der Waals surface area contributed by atoms with E-state index in [4.69, 9.17) is 5.11 Å². The van der Waals surface area contributed by atoms with Gasteiger partial charge in [-0.1, -0.05) is 30.0 Å². The summed E-state index contributed by atoms with van der Waals surface area (Å²) in [6.45, 7) is 0. The predicted molar refractivity (Wildman–Crippen MR) is 65.3 cm³/mol. The van der Waals surface area contributed by atoms with Gasteiger partial charge in [0.2, 0.25) is 5.91 Å². The van der Waals surface area contributed by atoms with Gasteiger partial charge in [-0.3, -0.25) is 9.59 Å². The molecule has 1 fully saturated rings. The van der Waals surface area contributed by atoms with Crippen LogP contribution in [0.1, 0.15) is 6.42 Å². The van der Waals surface area contributed by atoms with Gasteiger partial charge in [-0.15, -0.1) is 0 Å². The van der Waals surface area contributed by atoms with Crippen LogP contribution in [0.15, 0.2) is 35.3 Å². The lowest BCUT2D eigenvalue weighted by atomic mass is 10.3. The van der Waals surface area contributed by atoms with Crippen LogP contribution < -0.4 is 5.32 Å². The van der Waals surface area contributed by atoms with Crippen molar-refractivity contribution in [1.82, 2.24) is 5.32 Å². The van der Waals surface area contributed by atoms with E-state index in [2.05, 4.69) is 10.3 Å². The average molecular weight is 250 g/mol. The number of amides is 1. The van der Waals surface area contributed by atoms with Crippen molar-refractivity contribution in [2.75, 3.05) is 0 Å². The van der Waals surface area contributed by atoms with Crippen molar-refractivity contribution in [1.29, 1.82) is 0 Å². The third-order valence-corrected chi connectivity index (χ3v) is 3.21. The molecule has 1 aromatic rings. The van der Waals surface area contributed by atoms with Crippen LogP contribution >= 0.6 is 11.8 Å². The zero-order valence-corrected chi connectivity index (χ0v) is 9.61. The first-order valence-electron chi connectivity index (χ1n) is 4.98. The maximum absolute atomic E-state index is 11.4. The van der Waals surface area contributed by atoms with Gasteiger partial charge in [-0.2, -0.15) is 0 Å². The standard InChI is InChI=1S/C11H10N2O3S/c14-9(15)6-8-10(16)13-11(17-8)12-7-4-2-1-3-5-7/h1-5,8H,6H2,(H,14,15)(H,12,13,16)/t8-/m1/s1. The Morgan fingerprint density at radius 3 is 2.76 bits per heavy atom. The molecule has 0 spiro atoms. The number of carboxylic acids is 1. The molecule has 1 aliphatic rings. The van der Waals surface area contributed by atoms with Crippen LogP contribution in [-0.4, -0.2) is 27.4 Å². The van der Waals surface area contributed by atoms with Crippen molar-refractivity contribution in [3.63, 3.8) is 0 Å². The Morgan fingerprint density at radius 2 is 2.12 bits per heavy atom. The fraction of sp³-hybridized carbons (Fsp3) is 0.182. The van der Waals surface area contributed by atoms with Crippen LogP contribution in [0.4, 0.5) is 5.69 Å². The molecule has 0 bridgehead atoms. The van der Waals surface area contributed by atoms with Gasteiger partial charge in [0.05, 0.1) is 12.1 Å². The van der Waals surface area contributed by atoms with Crippen molar-refractivity contribution in [3.05, 3.63) is 30.3 Å². The SMILES string of the molecule is O=C(O)C[C@H]1SC(=Nc2ccccc2)NC1=O. The van der Waals surface area contributed by atoms with E-state index >= 15 is 0 Å². The predicted octanol–water partition coefficient (Wildman–Crippen LogP) is 1.38. The summed E-state index contributed by atoms with van der Waals surface area (Å²) in [5, 5.41) is 11.1. The molecule has 1 saturated heterocycles. The molecule has 1 atom stereocenters. The lowest BCUT2D eigenvalue weighted by molar-refractivity contribution is -0.138. The number of nitrogens with zero attached hydrogens (tertiary/aromatic N) is 1. The number of hydrogen-bond acceptors (Lipinski definition) is 4. The van der Waals surface area contributed by atoms with E-state index in [0.29, 0.717) is 5.17 Å². The molecule has 1 heterocycles. The molecule has 0 unspecified atom stereocenters. The normalized spacial score (nSPS) is 21.5. The van der Waals surface area contributed by atoms with E-state index in [1.165, 1.54) is 0 Å². The smallest absolute Gasteiger partial charge is 0.305 e. The lowest BCUT2D eigenvalue weighted by Gasteiger charge is -1.98. The Balaban J connectivity index is 2.08. The second-order valence-corrected chi connectivity index (χ2v) is 4.64. The highest BCUT2D eigenvalue weighted by Crippen LogP contribution is 2.24. The number of benzene rings is 1. The zero-order valence-electron chi connectivity index (χ0n) is 8.79. The molecule has 6 heteroatoms. The molecule has 1 aliphatic heterocycles. The number of carbonyl (C=O) groups is 2. The summed E-state index contributed by atoms with van der Waals surface area (Å²) in [4.78, 5) is 26.2. The number of carboxylic acid groups (broad SMARTS) is 1. The number of para-hydroxylation sites is 1. The molecule has 5 nitrogen and oxygen atoms in total. The third kappa shape index (κ3) is 3.07. The lowest BCUT2D eigenvalue weighted by Crippen LogP contribution is -2.26. The van der Waals surface area contributed by atoms with Crippen LogP contribution in [0.5, 0.6) is 0 Å². The topological polar surface area (TPSA) is 78.8 Å². The highest BCUT2D eigenvalue weighted by molar-refractivity contribution is 8.15. The van der Waals surface area contributed by atoms with E-state index in [-0.39, 0.29) is 12.3 Å². The Labute approximate surface area is 102 Å². The van der Waals surface area contributed by atoms with Crippen molar-refractivity contribution in [3.8, 4) is 0 Å².